The molecule has 0 aromatic heterocycles. The fourth-order valence-electron chi connectivity index (χ4n) is 4.08. The third kappa shape index (κ3) is 5.82. The zero-order chi connectivity index (χ0) is 25.8. The van der Waals surface area contributed by atoms with Crippen molar-refractivity contribution >= 4 is 51.8 Å². The van der Waals surface area contributed by atoms with Gasteiger partial charge in [0, 0.05) is 22.6 Å². The fourth-order valence-corrected chi connectivity index (χ4v) is 4.54. The van der Waals surface area contributed by atoms with Gasteiger partial charge >= 0.3 is 6.03 Å². The normalized spacial score (nSPS) is 17.9. The van der Waals surface area contributed by atoms with Gasteiger partial charge in [-0.1, -0.05) is 42.5 Å². The van der Waals surface area contributed by atoms with E-state index >= 15 is 0 Å². The van der Waals surface area contributed by atoms with Crippen LogP contribution in [0.1, 0.15) is 24.1 Å². The molecule has 0 spiro atoms. The van der Waals surface area contributed by atoms with E-state index in [1.807, 2.05) is 52.9 Å². The summed E-state index contributed by atoms with van der Waals surface area (Å²) in [6.45, 7) is 1.40. The number of nitrogens with zero attached hydrogens (tertiary/aromatic N) is 1. The number of amides is 4. The lowest BCUT2D eigenvalue weighted by atomic mass is 10.0. The summed E-state index contributed by atoms with van der Waals surface area (Å²) < 4.78 is 15.1. The lowest BCUT2D eigenvalue weighted by Gasteiger charge is -2.30. The van der Waals surface area contributed by atoms with Crippen molar-refractivity contribution in [1.82, 2.24) is 10.2 Å². The molecule has 36 heavy (non-hydrogen) atoms. The van der Waals surface area contributed by atoms with E-state index in [0.29, 0.717) is 14.8 Å². The first kappa shape index (κ1) is 25.6. The topological polar surface area (TPSA) is 111 Å². The van der Waals surface area contributed by atoms with E-state index in [2.05, 4.69) is 16.0 Å². The second-order valence-electron chi connectivity index (χ2n) is 8.37. The largest absolute Gasteiger partial charge is 0.371 e. The predicted molar refractivity (Wildman–Crippen MR) is 142 cm³/mol. The molecule has 0 aliphatic carbocycles. The highest BCUT2D eigenvalue weighted by atomic mass is 127. The standard InChI is InChI=1S/C26H24FIN4O4/c1-15(33)29-19-10-7-17(8-11-19)23-25(35)32(26(36)31-23)22(13-16-5-3-2-4-6-16)24(34)30-21-12-9-18(28)14-20(21)27/h2-12,14,22-23,25,35H,13H2,1H3,(H,29,33)(H,30,34)(H,31,36)/t22-,23+,25+/m0/s1. The average molecular weight is 602 g/mol. The molecule has 10 heteroatoms. The number of rotatable bonds is 7. The summed E-state index contributed by atoms with van der Waals surface area (Å²) in [4.78, 5) is 38.7. The maximum atomic E-state index is 14.4. The SMILES string of the molecule is CC(=O)Nc1ccc([C@H]2NC(=O)N([C@@H](Cc3ccccc3)C(=O)Nc3ccc(I)cc3F)[C@@H]2O)cc1. The molecular formula is C26H24FIN4O4. The number of halogens is 2. The molecule has 186 valence electrons. The number of hydrogen-bond donors (Lipinski definition) is 4. The van der Waals surface area contributed by atoms with Crippen LogP contribution in [0.3, 0.4) is 0 Å². The first-order chi connectivity index (χ1) is 17.2. The number of urea groups is 1. The van der Waals surface area contributed by atoms with Crippen LogP contribution < -0.4 is 16.0 Å². The Hall–Kier alpha value is -3.51. The number of carbonyl (C=O) groups is 3. The number of aliphatic hydroxyl groups is 1. The van der Waals surface area contributed by atoms with Gasteiger partial charge in [0.25, 0.3) is 0 Å². The molecule has 1 saturated heterocycles. The molecule has 4 amide bonds. The van der Waals surface area contributed by atoms with Crippen LogP contribution in [0.4, 0.5) is 20.6 Å². The smallest absolute Gasteiger partial charge is 0.320 e. The zero-order valence-electron chi connectivity index (χ0n) is 19.2. The van der Waals surface area contributed by atoms with Gasteiger partial charge in [0.1, 0.15) is 17.9 Å². The van der Waals surface area contributed by atoms with E-state index in [-0.39, 0.29) is 18.0 Å². The van der Waals surface area contributed by atoms with Crippen molar-refractivity contribution in [2.45, 2.75) is 31.7 Å². The van der Waals surface area contributed by atoms with Gasteiger partial charge in [0.15, 0.2) is 6.23 Å². The first-order valence-corrected chi connectivity index (χ1v) is 12.2. The van der Waals surface area contributed by atoms with Crippen molar-refractivity contribution in [3.63, 3.8) is 0 Å². The van der Waals surface area contributed by atoms with Crippen LogP contribution in [0, 0.1) is 9.39 Å². The third-order valence-corrected chi connectivity index (χ3v) is 6.46. The molecule has 0 bridgehead atoms. The molecule has 1 fully saturated rings. The molecular weight excluding hydrogens is 578 g/mol. The first-order valence-electron chi connectivity index (χ1n) is 11.2. The summed E-state index contributed by atoms with van der Waals surface area (Å²) in [6.07, 6.45) is -1.26. The van der Waals surface area contributed by atoms with Gasteiger partial charge in [0.2, 0.25) is 11.8 Å². The average Bonchev–Trinajstić information content (AvgIpc) is 3.13. The molecule has 0 saturated carbocycles. The summed E-state index contributed by atoms with van der Waals surface area (Å²) in [5, 5.41) is 19.1. The van der Waals surface area contributed by atoms with Crippen LogP contribution in [0.15, 0.2) is 72.8 Å². The molecule has 1 aliphatic heterocycles. The lowest BCUT2D eigenvalue weighted by molar-refractivity contribution is -0.123. The van der Waals surface area contributed by atoms with Gasteiger partial charge in [-0.05, 0) is 64.0 Å². The van der Waals surface area contributed by atoms with Crippen molar-refractivity contribution in [2.75, 3.05) is 10.6 Å². The summed E-state index contributed by atoms with van der Waals surface area (Å²) in [6, 6.07) is 17.6. The maximum Gasteiger partial charge on any atom is 0.320 e. The van der Waals surface area contributed by atoms with Crippen LogP contribution in [-0.4, -0.2) is 40.1 Å². The molecule has 0 radical (unpaired) electrons. The quantitative estimate of drug-likeness (QED) is 0.307. The van der Waals surface area contributed by atoms with Gasteiger partial charge in [-0.15, -0.1) is 0 Å². The highest BCUT2D eigenvalue weighted by Crippen LogP contribution is 2.30. The number of aliphatic hydroxyl groups excluding tert-OH is 1. The molecule has 3 aromatic carbocycles. The molecule has 4 rings (SSSR count). The van der Waals surface area contributed by atoms with E-state index in [1.165, 1.54) is 19.1 Å². The molecule has 8 nitrogen and oxygen atoms in total. The Kier molecular flexibility index (Phi) is 7.85. The number of benzene rings is 3. The second-order valence-corrected chi connectivity index (χ2v) is 9.62. The van der Waals surface area contributed by atoms with Gasteiger partial charge in [-0.2, -0.15) is 0 Å². The number of carbonyl (C=O) groups excluding carboxylic acids is 3. The minimum atomic E-state index is -1.37. The van der Waals surface area contributed by atoms with Crippen LogP contribution in [0.2, 0.25) is 0 Å². The van der Waals surface area contributed by atoms with Crippen molar-refractivity contribution in [2.24, 2.45) is 0 Å². The Morgan fingerprint density at radius 1 is 1.08 bits per heavy atom. The second kappa shape index (κ2) is 11.0. The Morgan fingerprint density at radius 3 is 2.42 bits per heavy atom. The zero-order valence-corrected chi connectivity index (χ0v) is 21.4. The van der Waals surface area contributed by atoms with E-state index in [9.17, 15) is 23.9 Å². The molecule has 0 unspecified atom stereocenters. The molecule has 1 aliphatic rings. The Labute approximate surface area is 221 Å². The fraction of sp³-hybridized carbons (Fsp3) is 0.192. The lowest BCUT2D eigenvalue weighted by Crippen LogP contribution is -2.50. The number of anilines is 2. The maximum absolute atomic E-state index is 14.4. The van der Waals surface area contributed by atoms with Crippen molar-refractivity contribution in [1.29, 1.82) is 0 Å². The number of hydrogen-bond acceptors (Lipinski definition) is 4. The van der Waals surface area contributed by atoms with E-state index in [4.69, 9.17) is 0 Å². The van der Waals surface area contributed by atoms with E-state index in [1.54, 1.807) is 30.3 Å². The molecule has 3 aromatic rings. The van der Waals surface area contributed by atoms with Gasteiger partial charge in [-0.25, -0.2) is 9.18 Å². The van der Waals surface area contributed by atoms with Crippen LogP contribution in [0.5, 0.6) is 0 Å². The van der Waals surface area contributed by atoms with Gasteiger partial charge in [0.05, 0.1) is 5.69 Å². The molecule has 3 atom stereocenters. The minimum absolute atomic E-state index is 0.0160. The van der Waals surface area contributed by atoms with Crippen LogP contribution in [0.25, 0.3) is 0 Å². The van der Waals surface area contributed by atoms with Gasteiger partial charge < -0.3 is 21.1 Å². The Bertz CT molecular complexity index is 1270. The molecule has 1 heterocycles. The summed E-state index contributed by atoms with van der Waals surface area (Å²) in [5.41, 5.74) is 1.92. The highest BCUT2D eigenvalue weighted by molar-refractivity contribution is 14.1. The summed E-state index contributed by atoms with van der Waals surface area (Å²) in [5.74, 6) is -1.45. The Balaban J connectivity index is 1.61. The van der Waals surface area contributed by atoms with Gasteiger partial charge in [-0.3, -0.25) is 14.5 Å². The Morgan fingerprint density at radius 2 is 1.78 bits per heavy atom. The third-order valence-electron chi connectivity index (χ3n) is 5.79. The summed E-state index contributed by atoms with van der Waals surface area (Å²) >= 11 is 1.97. The predicted octanol–water partition coefficient (Wildman–Crippen LogP) is 4.02. The minimum Gasteiger partial charge on any atom is -0.371 e. The van der Waals surface area contributed by atoms with Crippen molar-refractivity contribution in [3.8, 4) is 0 Å². The van der Waals surface area contributed by atoms with E-state index in [0.717, 1.165) is 10.5 Å². The monoisotopic (exact) mass is 602 g/mol. The van der Waals surface area contributed by atoms with Crippen molar-refractivity contribution in [3.05, 3.63) is 93.3 Å². The van der Waals surface area contributed by atoms with Crippen LogP contribution in [-0.2, 0) is 16.0 Å². The highest BCUT2D eigenvalue weighted by Gasteiger charge is 2.45. The molecule has 4 N–H and O–H groups in total. The summed E-state index contributed by atoms with van der Waals surface area (Å²) in [7, 11) is 0. The van der Waals surface area contributed by atoms with Crippen molar-refractivity contribution < 1.29 is 23.9 Å². The van der Waals surface area contributed by atoms with E-state index < -0.39 is 36.1 Å². The van der Waals surface area contributed by atoms with Crippen LogP contribution >= 0.6 is 22.6 Å². The number of nitrogens with one attached hydrogen (secondary N) is 3.